The monoisotopic (exact) mass is 819 g/mol. The lowest BCUT2D eigenvalue weighted by molar-refractivity contribution is -0.149. The number of phenolic OH excluding ortho intramolecular Hbond substituents is 1. The third kappa shape index (κ3) is 9.94. The first-order valence-electron chi connectivity index (χ1n) is 20.0. The zero-order valence-electron chi connectivity index (χ0n) is 34.1. The number of carbonyl (C=O) groups is 4. The molecule has 5 aromatic rings. The van der Waals surface area contributed by atoms with E-state index in [1.165, 1.54) is 4.90 Å². The van der Waals surface area contributed by atoms with Gasteiger partial charge in [-0.25, -0.2) is 4.98 Å². The van der Waals surface area contributed by atoms with Gasteiger partial charge < -0.3 is 31.5 Å². The number of fused-ring (bicyclic) bond motifs is 1. The Bertz CT molecular complexity index is 2290. The zero-order chi connectivity index (χ0) is 42.4. The third-order valence-electron chi connectivity index (χ3n) is 11.2. The normalized spacial score (nSPS) is 17.0. The number of nitrogens with two attached hydrogens (primary N) is 1. The summed E-state index contributed by atoms with van der Waals surface area (Å²) in [6.07, 6.45) is 5.20. The van der Waals surface area contributed by atoms with Crippen LogP contribution in [0.3, 0.4) is 0 Å². The van der Waals surface area contributed by atoms with Crippen LogP contribution in [0, 0.1) is 31.1 Å². The smallest absolute Gasteiger partial charge is 0.243 e. The number of nitrogens with zero attached hydrogens (tertiary/aromatic N) is 4. The van der Waals surface area contributed by atoms with Gasteiger partial charge in [0.1, 0.15) is 17.3 Å². The van der Waals surface area contributed by atoms with Gasteiger partial charge in [-0.3, -0.25) is 29.1 Å². The number of aliphatic hydroxyl groups excluding tert-OH is 1. The minimum Gasteiger partial charge on any atom is -0.505 e. The fraction of sp³-hybridized carbons (Fsp3) is 0.400. The molecule has 1 fully saturated rings. The van der Waals surface area contributed by atoms with Crippen molar-refractivity contribution in [3.05, 3.63) is 107 Å². The van der Waals surface area contributed by atoms with E-state index in [9.17, 15) is 29.4 Å². The molecule has 6 rings (SSSR count). The molecule has 4 amide bonds. The minimum atomic E-state index is -0.923. The second kappa shape index (κ2) is 18.5. The number of nitrogens with one attached hydrogen (secondary N) is 2. The molecule has 59 heavy (non-hydrogen) atoms. The number of likely N-dealkylation sites (tertiary alicyclic amines) is 1. The van der Waals surface area contributed by atoms with E-state index >= 15 is 0 Å². The maximum absolute atomic E-state index is 14.4. The molecule has 4 heterocycles. The van der Waals surface area contributed by atoms with Crippen LogP contribution in [-0.2, 0) is 25.7 Å². The molecule has 14 heteroatoms. The third-order valence-corrected chi connectivity index (χ3v) is 12.1. The van der Waals surface area contributed by atoms with Crippen LogP contribution in [0.2, 0.25) is 0 Å². The highest BCUT2D eigenvalue weighted by atomic mass is 32.1. The number of phenols is 1. The molecule has 1 aliphatic rings. The van der Waals surface area contributed by atoms with Crippen molar-refractivity contribution in [1.82, 2.24) is 30.5 Å². The SMILES string of the molecule is Cc1ncsc1-c1ccc(CNC(=O)[C@H]2C[C@H](O)CN2C(=O)[C@H](C(CCCCC(=O)NC(c2cccnc2)c2cc(C)c3cccnc3c2O)C(N)=O)C(C)(C)C)cc1. The van der Waals surface area contributed by atoms with Crippen LogP contribution in [0.5, 0.6) is 5.75 Å². The number of primary amides is 1. The lowest BCUT2D eigenvalue weighted by Gasteiger charge is -2.38. The van der Waals surface area contributed by atoms with Gasteiger partial charge >= 0.3 is 0 Å². The average Bonchev–Trinajstić information content (AvgIpc) is 3.83. The van der Waals surface area contributed by atoms with E-state index in [2.05, 4.69) is 25.6 Å². The van der Waals surface area contributed by atoms with Crippen LogP contribution in [0.4, 0.5) is 0 Å². The number of carbonyl (C=O) groups excluding carboxylic acids is 4. The number of rotatable bonds is 15. The summed E-state index contributed by atoms with van der Waals surface area (Å²) >= 11 is 1.56. The Kier molecular flexibility index (Phi) is 13.4. The largest absolute Gasteiger partial charge is 0.505 e. The number of aryl methyl sites for hydroxylation is 2. The van der Waals surface area contributed by atoms with E-state index in [4.69, 9.17) is 5.73 Å². The second-order valence-electron chi connectivity index (χ2n) is 16.5. The Labute approximate surface area is 348 Å². The predicted molar refractivity (Wildman–Crippen MR) is 227 cm³/mol. The summed E-state index contributed by atoms with van der Waals surface area (Å²) < 4.78 is 0. The van der Waals surface area contributed by atoms with Gasteiger partial charge in [0.2, 0.25) is 23.6 Å². The van der Waals surface area contributed by atoms with Crippen LogP contribution in [-0.4, -0.2) is 72.4 Å². The van der Waals surface area contributed by atoms with E-state index < -0.39 is 47.3 Å². The number of aromatic hydroxyl groups is 1. The zero-order valence-corrected chi connectivity index (χ0v) is 35.0. The van der Waals surface area contributed by atoms with Crippen molar-refractivity contribution in [1.29, 1.82) is 0 Å². The maximum Gasteiger partial charge on any atom is 0.243 e. The van der Waals surface area contributed by atoms with Crippen LogP contribution in [0.15, 0.2) is 78.7 Å². The molecule has 0 radical (unpaired) electrons. The number of thiazole rings is 1. The number of hydrogen-bond donors (Lipinski definition) is 5. The highest BCUT2D eigenvalue weighted by Gasteiger charge is 2.47. The minimum absolute atomic E-state index is 0.0271. The number of β-amino-alcohol motifs (C(OH)–C–C–N with tert-alkyl or cyclic N) is 1. The number of unbranched alkanes of at least 4 members (excludes halogenated alkanes) is 1. The summed E-state index contributed by atoms with van der Waals surface area (Å²) in [4.78, 5) is 70.1. The van der Waals surface area contributed by atoms with Gasteiger partial charge in [-0.2, -0.15) is 0 Å². The molecule has 1 aliphatic heterocycles. The molecular weight excluding hydrogens is 767 g/mol. The molecule has 13 nitrogen and oxygen atoms in total. The summed E-state index contributed by atoms with van der Waals surface area (Å²) in [5.41, 5.74) is 12.5. The van der Waals surface area contributed by atoms with Gasteiger partial charge in [-0.1, -0.05) is 63.6 Å². The average molecular weight is 820 g/mol. The van der Waals surface area contributed by atoms with Gasteiger partial charge in [0.05, 0.1) is 34.1 Å². The highest BCUT2D eigenvalue weighted by molar-refractivity contribution is 7.13. The van der Waals surface area contributed by atoms with Crippen molar-refractivity contribution in [2.45, 2.75) is 91.5 Å². The molecule has 0 aliphatic carbocycles. The van der Waals surface area contributed by atoms with Crippen molar-refractivity contribution >= 4 is 45.9 Å². The first-order chi connectivity index (χ1) is 28.1. The predicted octanol–water partition coefficient (Wildman–Crippen LogP) is 5.88. The first kappa shape index (κ1) is 42.9. The first-order valence-corrected chi connectivity index (χ1v) is 20.8. The van der Waals surface area contributed by atoms with Crippen LogP contribution in [0.1, 0.15) is 86.9 Å². The van der Waals surface area contributed by atoms with Crippen molar-refractivity contribution < 1.29 is 29.4 Å². The van der Waals surface area contributed by atoms with Gasteiger partial charge in [-0.15, -0.1) is 11.3 Å². The number of pyridine rings is 2. The Morgan fingerprint density at radius 3 is 2.42 bits per heavy atom. The van der Waals surface area contributed by atoms with Gasteiger partial charge in [0.15, 0.2) is 0 Å². The summed E-state index contributed by atoms with van der Waals surface area (Å²) in [6, 6.07) is 15.3. The van der Waals surface area contributed by atoms with E-state index in [0.717, 1.165) is 32.6 Å². The van der Waals surface area contributed by atoms with Crippen molar-refractivity contribution in [3.8, 4) is 16.2 Å². The Morgan fingerprint density at radius 1 is 1.02 bits per heavy atom. The van der Waals surface area contributed by atoms with Gasteiger partial charge in [0.25, 0.3) is 0 Å². The van der Waals surface area contributed by atoms with E-state index in [0.29, 0.717) is 29.5 Å². The summed E-state index contributed by atoms with van der Waals surface area (Å²) in [7, 11) is 0. The number of benzene rings is 2. The molecule has 2 unspecified atom stereocenters. The molecule has 0 spiro atoms. The van der Waals surface area contributed by atoms with Crippen molar-refractivity contribution in [2.75, 3.05) is 6.54 Å². The lowest BCUT2D eigenvalue weighted by atomic mass is 9.70. The number of amides is 4. The Hall–Kier alpha value is -5.73. The maximum atomic E-state index is 14.4. The lowest BCUT2D eigenvalue weighted by Crippen LogP contribution is -2.53. The summed E-state index contributed by atoms with van der Waals surface area (Å²) in [5, 5.41) is 28.8. The molecule has 1 saturated heterocycles. The molecule has 0 bridgehead atoms. The van der Waals surface area contributed by atoms with Crippen molar-refractivity contribution in [2.24, 2.45) is 23.0 Å². The van der Waals surface area contributed by atoms with Gasteiger partial charge in [0, 0.05) is 61.4 Å². The van der Waals surface area contributed by atoms with E-state index in [1.54, 1.807) is 47.6 Å². The highest BCUT2D eigenvalue weighted by Crippen LogP contribution is 2.39. The molecule has 5 atom stereocenters. The molecule has 0 saturated carbocycles. The second-order valence-corrected chi connectivity index (χ2v) is 17.3. The number of aliphatic hydroxyl groups is 1. The molecule has 310 valence electrons. The molecule has 3 aromatic heterocycles. The van der Waals surface area contributed by atoms with E-state index in [-0.39, 0.29) is 49.9 Å². The Balaban J connectivity index is 1.10. The standard InChI is InChI=1S/C45H53N7O6S/c1-26-20-34(40(55)39-32(26)12-9-19-48-39)38(30-10-8-18-47-23-30)51-36(54)13-7-6-11-33(42(46)56)37(45(3,4)5)44(58)52-24-31(53)21-35(52)43(57)49-22-28-14-16-29(17-15-28)41-27(2)50-25-59-41/h8-10,12,14-20,23,25,31,33,35,37-38,53,55H,6-7,11,13,21-22,24H2,1-5H3,(H2,46,56)(H,49,57)(H,51,54)/t31-,33?,35+,37-,38?/m0/s1. The Morgan fingerprint density at radius 2 is 1.76 bits per heavy atom. The molecule has 6 N–H and O–H groups in total. The van der Waals surface area contributed by atoms with Gasteiger partial charge in [-0.05, 0) is 72.6 Å². The van der Waals surface area contributed by atoms with Crippen LogP contribution < -0.4 is 16.4 Å². The summed E-state index contributed by atoms with van der Waals surface area (Å²) in [6.45, 7) is 9.65. The number of aromatic nitrogens is 3. The van der Waals surface area contributed by atoms with E-state index in [1.807, 2.05) is 77.1 Å². The topological polar surface area (TPSA) is 201 Å². The quantitative estimate of drug-likeness (QED) is 0.0800. The fourth-order valence-electron chi connectivity index (χ4n) is 8.18. The summed E-state index contributed by atoms with van der Waals surface area (Å²) in [5.74, 6) is -3.53. The van der Waals surface area contributed by atoms with Crippen LogP contribution >= 0.6 is 11.3 Å². The fourth-order valence-corrected chi connectivity index (χ4v) is 8.99. The number of hydrogen-bond acceptors (Lipinski definition) is 10. The molecule has 2 aromatic carbocycles. The van der Waals surface area contributed by atoms with Crippen molar-refractivity contribution in [3.63, 3.8) is 0 Å². The molecular formula is C45H53N7O6S. The van der Waals surface area contributed by atoms with Crippen LogP contribution in [0.25, 0.3) is 21.3 Å².